The predicted molar refractivity (Wildman–Crippen MR) is 117 cm³/mol. The number of aromatic amines is 1. The highest BCUT2D eigenvalue weighted by Crippen LogP contribution is 2.28. The van der Waals surface area contributed by atoms with Crippen LogP contribution in [0.4, 0.5) is 4.79 Å². The first-order valence-electron chi connectivity index (χ1n) is 10.5. The number of rotatable bonds is 4. The van der Waals surface area contributed by atoms with Crippen molar-refractivity contribution in [1.29, 1.82) is 0 Å². The minimum Gasteiger partial charge on any atom is -0.334 e. The van der Waals surface area contributed by atoms with Crippen LogP contribution in [0.15, 0.2) is 41.4 Å². The first-order chi connectivity index (χ1) is 14.8. The molecule has 0 spiro atoms. The molecule has 5 heterocycles. The molecule has 1 saturated heterocycles. The van der Waals surface area contributed by atoms with Crippen LogP contribution in [0.1, 0.15) is 29.7 Å². The molecule has 2 N–H and O–H groups in total. The molecular formula is C22H26N6OS. The Kier molecular flexibility index (Phi) is 5.50. The summed E-state index contributed by atoms with van der Waals surface area (Å²) in [6, 6.07) is 6.34. The van der Waals surface area contributed by atoms with Crippen LogP contribution in [0.5, 0.6) is 0 Å². The normalized spacial score (nSPS) is 19.5. The molecule has 8 heteroatoms. The van der Waals surface area contributed by atoms with Gasteiger partial charge >= 0.3 is 6.03 Å². The molecule has 0 unspecified atom stereocenters. The molecule has 3 aromatic heterocycles. The number of piperidine rings is 1. The number of hydrogen-bond donors (Lipinski definition) is 2. The molecule has 7 nitrogen and oxygen atoms in total. The van der Waals surface area contributed by atoms with E-state index in [1.165, 1.54) is 5.56 Å². The summed E-state index contributed by atoms with van der Waals surface area (Å²) in [4.78, 5) is 21.5. The van der Waals surface area contributed by atoms with E-state index in [9.17, 15) is 4.79 Å². The molecule has 1 atom stereocenters. The number of carbonyl (C=O) groups is 1. The quantitative estimate of drug-likeness (QED) is 0.677. The van der Waals surface area contributed by atoms with E-state index in [4.69, 9.17) is 0 Å². The molecule has 2 aliphatic heterocycles. The van der Waals surface area contributed by atoms with E-state index >= 15 is 0 Å². The highest BCUT2D eigenvalue weighted by molar-refractivity contribution is 7.07. The van der Waals surface area contributed by atoms with Crippen LogP contribution >= 0.6 is 11.3 Å². The Morgan fingerprint density at radius 2 is 2.17 bits per heavy atom. The number of nitrogens with zero attached hydrogens (tertiary/aromatic N) is 4. The van der Waals surface area contributed by atoms with Crippen LogP contribution < -0.4 is 5.32 Å². The lowest BCUT2D eigenvalue weighted by molar-refractivity contribution is 0.160. The third kappa shape index (κ3) is 4.11. The molecule has 5 rings (SSSR count). The summed E-state index contributed by atoms with van der Waals surface area (Å²) in [7, 11) is 0. The van der Waals surface area contributed by atoms with Crippen LogP contribution in [0.25, 0.3) is 11.3 Å². The van der Waals surface area contributed by atoms with Crippen molar-refractivity contribution in [2.45, 2.75) is 38.4 Å². The summed E-state index contributed by atoms with van der Waals surface area (Å²) in [5.74, 6) is 0. The van der Waals surface area contributed by atoms with Gasteiger partial charge in [0, 0.05) is 61.3 Å². The standard InChI is InChI=1S/C22H26N6OS/c29-22(24-18-2-1-9-27(13-18)12-16-6-11-30-15-16)28-10-5-20-19(14-28)21(26-25-20)17-3-7-23-8-4-17/h3-4,6-8,11,15,18H,1-2,5,9-10,12-14H2,(H,24,29)(H,25,26)/t18-/m1/s1. The van der Waals surface area contributed by atoms with Crippen LogP contribution in [-0.2, 0) is 19.5 Å². The second kappa shape index (κ2) is 8.57. The molecule has 156 valence electrons. The zero-order chi connectivity index (χ0) is 20.3. The molecule has 0 aliphatic carbocycles. The topological polar surface area (TPSA) is 77.2 Å². The summed E-state index contributed by atoms with van der Waals surface area (Å²) in [5, 5.41) is 15.3. The van der Waals surface area contributed by atoms with E-state index in [-0.39, 0.29) is 12.1 Å². The first-order valence-corrected chi connectivity index (χ1v) is 11.5. The number of pyridine rings is 1. The minimum atomic E-state index is 0.0323. The number of amides is 2. The molecule has 0 aromatic carbocycles. The Bertz CT molecular complexity index is 986. The molecule has 0 radical (unpaired) electrons. The van der Waals surface area contributed by atoms with Gasteiger partial charge in [-0.1, -0.05) is 0 Å². The molecule has 3 aromatic rings. The Labute approximate surface area is 180 Å². The summed E-state index contributed by atoms with van der Waals surface area (Å²) < 4.78 is 0. The molecule has 0 bridgehead atoms. The van der Waals surface area contributed by atoms with Gasteiger partial charge in [-0.3, -0.25) is 15.0 Å². The third-order valence-electron chi connectivity index (χ3n) is 5.99. The number of fused-ring (bicyclic) bond motifs is 1. The molecule has 30 heavy (non-hydrogen) atoms. The average Bonchev–Trinajstić information content (AvgIpc) is 3.44. The SMILES string of the molecule is O=C(N[C@@H]1CCCN(Cc2ccsc2)C1)N1CCc2[nH]nc(-c3ccncc3)c2C1. The predicted octanol–water partition coefficient (Wildman–Crippen LogP) is 3.27. The number of carbonyl (C=O) groups excluding carboxylic acids is 1. The van der Waals surface area contributed by atoms with Crippen molar-refractivity contribution < 1.29 is 4.79 Å². The lowest BCUT2D eigenvalue weighted by Gasteiger charge is -2.35. The van der Waals surface area contributed by atoms with Gasteiger partial charge in [0.2, 0.25) is 0 Å². The van der Waals surface area contributed by atoms with Crippen molar-refractivity contribution in [3.05, 3.63) is 58.2 Å². The van der Waals surface area contributed by atoms with Crippen LogP contribution in [0.3, 0.4) is 0 Å². The lowest BCUT2D eigenvalue weighted by Crippen LogP contribution is -2.52. The molecule has 0 saturated carbocycles. The van der Waals surface area contributed by atoms with Gasteiger partial charge in [0.05, 0.1) is 12.2 Å². The fourth-order valence-electron chi connectivity index (χ4n) is 4.44. The maximum Gasteiger partial charge on any atom is 0.317 e. The number of urea groups is 1. The number of thiophene rings is 1. The molecule has 2 aliphatic rings. The summed E-state index contributed by atoms with van der Waals surface area (Å²) >= 11 is 1.74. The third-order valence-corrected chi connectivity index (χ3v) is 6.73. The van der Waals surface area contributed by atoms with Crippen molar-refractivity contribution in [3.8, 4) is 11.3 Å². The molecule has 2 amide bonds. The van der Waals surface area contributed by atoms with E-state index in [2.05, 4.69) is 42.2 Å². The number of H-pyrrole nitrogens is 1. The van der Waals surface area contributed by atoms with Gasteiger partial charge in [-0.15, -0.1) is 0 Å². The van der Waals surface area contributed by atoms with Crippen LogP contribution in [0.2, 0.25) is 0 Å². The van der Waals surface area contributed by atoms with Crippen molar-refractivity contribution in [2.75, 3.05) is 19.6 Å². The Morgan fingerprint density at radius 1 is 1.27 bits per heavy atom. The fraction of sp³-hybridized carbons (Fsp3) is 0.409. The first kappa shape index (κ1) is 19.3. The largest absolute Gasteiger partial charge is 0.334 e. The van der Waals surface area contributed by atoms with Gasteiger partial charge in [-0.25, -0.2) is 4.79 Å². The number of nitrogens with one attached hydrogen (secondary N) is 2. The monoisotopic (exact) mass is 422 g/mol. The van der Waals surface area contributed by atoms with E-state index in [0.717, 1.165) is 61.4 Å². The number of hydrogen-bond acceptors (Lipinski definition) is 5. The van der Waals surface area contributed by atoms with E-state index in [1.54, 1.807) is 23.7 Å². The van der Waals surface area contributed by atoms with Crippen LogP contribution in [-0.4, -0.2) is 56.7 Å². The minimum absolute atomic E-state index is 0.0323. The second-order valence-electron chi connectivity index (χ2n) is 8.09. The zero-order valence-corrected chi connectivity index (χ0v) is 17.7. The average molecular weight is 423 g/mol. The second-order valence-corrected chi connectivity index (χ2v) is 8.87. The molecular weight excluding hydrogens is 396 g/mol. The Hall–Kier alpha value is -2.71. The van der Waals surface area contributed by atoms with Crippen molar-refractivity contribution in [2.24, 2.45) is 0 Å². The van der Waals surface area contributed by atoms with Gasteiger partial charge < -0.3 is 10.2 Å². The van der Waals surface area contributed by atoms with Gasteiger partial charge in [0.25, 0.3) is 0 Å². The zero-order valence-electron chi connectivity index (χ0n) is 16.9. The van der Waals surface area contributed by atoms with Gasteiger partial charge in [0.15, 0.2) is 0 Å². The summed E-state index contributed by atoms with van der Waals surface area (Å²) in [5.41, 5.74) is 5.56. The fourth-order valence-corrected chi connectivity index (χ4v) is 5.10. The van der Waals surface area contributed by atoms with E-state index < -0.39 is 0 Å². The summed E-state index contributed by atoms with van der Waals surface area (Å²) in [6.07, 6.45) is 6.51. The maximum atomic E-state index is 13.0. The van der Waals surface area contributed by atoms with Gasteiger partial charge in [-0.2, -0.15) is 16.4 Å². The van der Waals surface area contributed by atoms with Crippen LogP contribution in [0, 0.1) is 0 Å². The van der Waals surface area contributed by atoms with Gasteiger partial charge in [0.1, 0.15) is 0 Å². The van der Waals surface area contributed by atoms with Crippen molar-refractivity contribution in [3.63, 3.8) is 0 Å². The Balaban J connectivity index is 1.22. The maximum absolute atomic E-state index is 13.0. The highest BCUT2D eigenvalue weighted by Gasteiger charge is 2.28. The van der Waals surface area contributed by atoms with E-state index in [1.807, 2.05) is 17.0 Å². The number of likely N-dealkylation sites (tertiary alicyclic amines) is 1. The van der Waals surface area contributed by atoms with E-state index in [0.29, 0.717) is 13.1 Å². The number of aromatic nitrogens is 3. The smallest absolute Gasteiger partial charge is 0.317 e. The Morgan fingerprint density at radius 3 is 3.00 bits per heavy atom. The van der Waals surface area contributed by atoms with Crippen molar-refractivity contribution in [1.82, 2.24) is 30.3 Å². The van der Waals surface area contributed by atoms with Gasteiger partial charge in [-0.05, 0) is 53.9 Å². The molecule has 1 fully saturated rings. The highest BCUT2D eigenvalue weighted by atomic mass is 32.1. The van der Waals surface area contributed by atoms with Crippen molar-refractivity contribution >= 4 is 17.4 Å². The lowest BCUT2D eigenvalue weighted by atomic mass is 10.0. The summed E-state index contributed by atoms with van der Waals surface area (Å²) in [6.45, 7) is 4.27.